The molecule has 2 rings (SSSR count). The quantitative estimate of drug-likeness (QED) is 0.761. The highest BCUT2D eigenvalue weighted by atomic mass is 16.4. The third-order valence-electron chi connectivity index (χ3n) is 3.96. The van der Waals surface area contributed by atoms with Crippen LogP contribution < -0.4 is 0 Å². The van der Waals surface area contributed by atoms with Crippen molar-refractivity contribution in [3.8, 4) is 0 Å². The van der Waals surface area contributed by atoms with Gasteiger partial charge < -0.3 is 10.0 Å². The third kappa shape index (κ3) is 3.45. The van der Waals surface area contributed by atoms with Crippen LogP contribution in [0.2, 0.25) is 0 Å². The second kappa shape index (κ2) is 6.18. The summed E-state index contributed by atoms with van der Waals surface area (Å²) >= 11 is 0. The first-order valence-corrected chi connectivity index (χ1v) is 6.90. The molecule has 5 heteroatoms. The molecule has 2 fully saturated rings. The van der Waals surface area contributed by atoms with Gasteiger partial charge in [0.15, 0.2) is 0 Å². The number of carbonyl (C=O) groups is 2. The molecule has 1 saturated carbocycles. The number of amides is 1. The average molecular weight is 254 g/mol. The number of nitrogens with zero attached hydrogens (tertiary/aromatic N) is 2. The van der Waals surface area contributed by atoms with E-state index in [2.05, 4.69) is 0 Å². The summed E-state index contributed by atoms with van der Waals surface area (Å²) in [7, 11) is 0. The molecule has 1 saturated heterocycles. The molecule has 0 unspecified atom stereocenters. The molecule has 0 aromatic carbocycles. The molecule has 0 atom stereocenters. The van der Waals surface area contributed by atoms with Gasteiger partial charge in [-0.1, -0.05) is 25.7 Å². The van der Waals surface area contributed by atoms with Crippen LogP contribution in [0.4, 0.5) is 0 Å². The number of piperazine rings is 1. The molecule has 1 aliphatic heterocycles. The van der Waals surface area contributed by atoms with Gasteiger partial charge in [0.1, 0.15) is 0 Å². The molecule has 0 aromatic heterocycles. The fourth-order valence-electron chi connectivity index (χ4n) is 3.02. The number of carbonyl (C=O) groups excluding carboxylic acids is 1. The molecule has 0 aromatic rings. The van der Waals surface area contributed by atoms with Crippen LogP contribution in [0.1, 0.15) is 38.5 Å². The molecule has 102 valence electrons. The van der Waals surface area contributed by atoms with Gasteiger partial charge >= 0.3 is 5.97 Å². The van der Waals surface area contributed by atoms with E-state index in [0.29, 0.717) is 19.1 Å². The lowest BCUT2D eigenvalue weighted by molar-refractivity contribution is -0.143. The Morgan fingerprint density at radius 2 is 1.83 bits per heavy atom. The monoisotopic (exact) mass is 254 g/mol. The Morgan fingerprint density at radius 3 is 2.39 bits per heavy atom. The molecule has 1 N–H and O–H groups in total. The Hall–Kier alpha value is -1.10. The smallest absolute Gasteiger partial charge is 0.317 e. The van der Waals surface area contributed by atoms with Gasteiger partial charge in [-0.2, -0.15) is 0 Å². The van der Waals surface area contributed by atoms with Crippen LogP contribution in [0.25, 0.3) is 0 Å². The lowest BCUT2D eigenvalue weighted by Crippen LogP contribution is -2.54. The first kappa shape index (κ1) is 13.3. The van der Waals surface area contributed by atoms with Gasteiger partial charge in [0.25, 0.3) is 0 Å². The molecule has 0 bridgehead atoms. The minimum Gasteiger partial charge on any atom is -0.480 e. The van der Waals surface area contributed by atoms with Crippen LogP contribution >= 0.6 is 0 Å². The second-order valence-electron chi connectivity index (χ2n) is 5.34. The average Bonchev–Trinajstić information content (AvgIpc) is 2.57. The highest BCUT2D eigenvalue weighted by molar-refractivity contribution is 5.80. The summed E-state index contributed by atoms with van der Waals surface area (Å²) in [5.74, 6) is -0.750. The van der Waals surface area contributed by atoms with Gasteiger partial charge in [-0.15, -0.1) is 0 Å². The largest absolute Gasteiger partial charge is 0.480 e. The zero-order chi connectivity index (χ0) is 13.0. The molecular weight excluding hydrogens is 232 g/mol. The Morgan fingerprint density at radius 1 is 1.17 bits per heavy atom. The number of rotatable bonds is 3. The highest BCUT2D eigenvalue weighted by Crippen LogP contribution is 2.23. The van der Waals surface area contributed by atoms with Crippen molar-refractivity contribution in [2.75, 3.05) is 26.2 Å². The first-order chi connectivity index (χ1) is 8.66. The molecule has 18 heavy (non-hydrogen) atoms. The van der Waals surface area contributed by atoms with Crippen molar-refractivity contribution in [1.29, 1.82) is 0 Å². The molecule has 1 heterocycles. The molecule has 5 nitrogen and oxygen atoms in total. The van der Waals surface area contributed by atoms with E-state index in [1.807, 2.05) is 4.90 Å². The Kier molecular flexibility index (Phi) is 4.58. The highest BCUT2D eigenvalue weighted by Gasteiger charge is 2.30. The molecular formula is C13H22N2O3. The van der Waals surface area contributed by atoms with Crippen molar-refractivity contribution in [1.82, 2.24) is 9.80 Å². The zero-order valence-corrected chi connectivity index (χ0v) is 10.8. The summed E-state index contributed by atoms with van der Waals surface area (Å²) in [4.78, 5) is 26.4. The van der Waals surface area contributed by atoms with E-state index in [9.17, 15) is 9.59 Å². The summed E-state index contributed by atoms with van der Waals surface area (Å²) < 4.78 is 0. The minimum absolute atomic E-state index is 0.0236. The van der Waals surface area contributed by atoms with Gasteiger partial charge in [0.05, 0.1) is 13.1 Å². The Bertz CT molecular complexity index is 311. The second-order valence-corrected chi connectivity index (χ2v) is 5.34. The van der Waals surface area contributed by atoms with E-state index in [0.717, 1.165) is 12.8 Å². The molecule has 1 aliphatic carbocycles. The van der Waals surface area contributed by atoms with Crippen molar-refractivity contribution in [2.45, 2.75) is 44.6 Å². The van der Waals surface area contributed by atoms with Gasteiger partial charge in [0, 0.05) is 19.1 Å². The van der Waals surface area contributed by atoms with Crippen LogP contribution in [0, 0.1) is 0 Å². The number of hydrogen-bond acceptors (Lipinski definition) is 3. The number of carboxylic acid groups (broad SMARTS) is 1. The molecule has 0 radical (unpaired) electrons. The van der Waals surface area contributed by atoms with Crippen LogP contribution in [0.3, 0.4) is 0 Å². The lowest BCUT2D eigenvalue weighted by atomic mass is 10.1. The van der Waals surface area contributed by atoms with E-state index in [-0.39, 0.29) is 19.0 Å². The van der Waals surface area contributed by atoms with Gasteiger partial charge in [-0.05, 0) is 12.8 Å². The van der Waals surface area contributed by atoms with Gasteiger partial charge in [-0.25, -0.2) is 0 Å². The predicted octanol–water partition coefficient (Wildman–Crippen LogP) is 0.938. The third-order valence-corrected chi connectivity index (χ3v) is 3.96. The summed E-state index contributed by atoms with van der Waals surface area (Å²) in [6.45, 7) is 1.62. The fraction of sp³-hybridized carbons (Fsp3) is 0.846. The lowest BCUT2D eigenvalue weighted by Gasteiger charge is -2.38. The van der Waals surface area contributed by atoms with Crippen LogP contribution in [0.15, 0.2) is 0 Å². The topological polar surface area (TPSA) is 60.9 Å². The molecule has 0 spiro atoms. The van der Waals surface area contributed by atoms with Crippen molar-refractivity contribution < 1.29 is 14.7 Å². The van der Waals surface area contributed by atoms with Crippen LogP contribution in [-0.2, 0) is 9.59 Å². The maximum Gasteiger partial charge on any atom is 0.317 e. The summed E-state index contributed by atoms with van der Waals surface area (Å²) in [5.41, 5.74) is 0. The van der Waals surface area contributed by atoms with E-state index in [4.69, 9.17) is 5.11 Å². The predicted molar refractivity (Wildman–Crippen MR) is 67.3 cm³/mol. The maximum atomic E-state index is 12.1. The number of hydrogen-bond donors (Lipinski definition) is 1. The Labute approximate surface area is 108 Å². The van der Waals surface area contributed by atoms with Crippen LogP contribution in [-0.4, -0.2) is 59.0 Å². The van der Waals surface area contributed by atoms with E-state index in [1.54, 1.807) is 4.90 Å². The van der Waals surface area contributed by atoms with Crippen molar-refractivity contribution >= 4 is 11.9 Å². The fourth-order valence-corrected chi connectivity index (χ4v) is 3.02. The number of carboxylic acids is 1. The van der Waals surface area contributed by atoms with Crippen molar-refractivity contribution in [3.05, 3.63) is 0 Å². The SMILES string of the molecule is O=C(O)CN1CCN(C2CCCCCC2)C(=O)C1. The van der Waals surface area contributed by atoms with Gasteiger partial charge in [0.2, 0.25) is 5.91 Å². The van der Waals surface area contributed by atoms with Crippen molar-refractivity contribution in [3.63, 3.8) is 0 Å². The molecule has 2 aliphatic rings. The van der Waals surface area contributed by atoms with E-state index < -0.39 is 5.97 Å². The normalized spacial score (nSPS) is 24.0. The summed E-state index contributed by atoms with van der Waals surface area (Å²) in [6.07, 6.45) is 7.23. The van der Waals surface area contributed by atoms with Crippen molar-refractivity contribution in [2.24, 2.45) is 0 Å². The first-order valence-electron chi connectivity index (χ1n) is 6.90. The zero-order valence-electron chi connectivity index (χ0n) is 10.8. The minimum atomic E-state index is -0.856. The standard InChI is InChI=1S/C13H22N2O3/c16-12-9-14(10-13(17)18)7-8-15(12)11-5-3-1-2-4-6-11/h11H,1-10H2,(H,17,18). The van der Waals surface area contributed by atoms with Gasteiger partial charge in [-0.3, -0.25) is 14.5 Å². The van der Waals surface area contributed by atoms with Crippen LogP contribution in [0.5, 0.6) is 0 Å². The van der Waals surface area contributed by atoms with E-state index in [1.165, 1.54) is 25.7 Å². The Balaban J connectivity index is 1.88. The summed E-state index contributed by atoms with van der Waals surface area (Å²) in [5, 5.41) is 8.74. The number of aliphatic carboxylic acids is 1. The summed E-state index contributed by atoms with van der Waals surface area (Å²) in [6, 6.07) is 0.395. The van der Waals surface area contributed by atoms with E-state index >= 15 is 0 Å². The maximum absolute atomic E-state index is 12.1. The molecule has 1 amide bonds.